The molecule has 1 fully saturated rings. The second kappa shape index (κ2) is 7.11. The topological polar surface area (TPSA) is 70.2 Å². The highest BCUT2D eigenvalue weighted by atomic mass is 16.2. The third-order valence-electron chi connectivity index (χ3n) is 3.39. The van der Waals surface area contributed by atoms with Gasteiger partial charge in [0.25, 0.3) is 5.91 Å². The van der Waals surface area contributed by atoms with Crippen LogP contribution in [0.2, 0.25) is 0 Å². The number of carbonyl (C=O) groups excluding carboxylic acids is 2. The van der Waals surface area contributed by atoms with E-state index in [-0.39, 0.29) is 11.8 Å². The lowest BCUT2D eigenvalue weighted by molar-refractivity contribution is -0.122. The van der Waals surface area contributed by atoms with Gasteiger partial charge in [-0.3, -0.25) is 9.59 Å². The molecule has 0 radical (unpaired) electrons. The van der Waals surface area contributed by atoms with Gasteiger partial charge in [-0.05, 0) is 50.5 Å². The Balaban J connectivity index is 1.85. The molecule has 3 N–H and O–H groups in total. The number of benzene rings is 1. The molecule has 114 valence electrons. The number of hydrogen-bond acceptors (Lipinski definition) is 3. The molecule has 1 aliphatic rings. The van der Waals surface area contributed by atoms with Crippen LogP contribution in [0.15, 0.2) is 24.3 Å². The van der Waals surface area contributed by atoms with Gasteiger partial charge in [0.2, 0.25) is 5.91 Å². The summed E-state index contributed by atoms with van der Waals surface area (Å²) >= 11 is 0. The fraction of sp³-hybridized carbons (Fsp3) is 0.500. The highest BCUT2D eigenvalue weighted by Crippen LogP contribution is 2.18. The minimum atomic E-state index is -0.518. The normalized spacial score (nSPS) is 15.1. The maximum atomic E-state index is 12.1. The zero-order valence-electron chi connectivity index (χ0n) is 12.6. The molecule has 1 aliphatic carbocycles. The number of rotatable bonds is 7. The van der Waals surface area contributed by atoms with Crippen LogP contribution < -0.4 is 16.0 Å². The molecule has 0 heterocycles. The summed E-state index contributed by atoms with van der Waals surface area (Å²) in [5, 5.41) is 8.85. The first-order valence-corrected chi connectivity index (χ1v) is 7.55. The van der Waals surface area contributed by atoms with Crippen LogP contribution in [0.3, 0.4) is 0 Å². The third kappa shape index (κ3) is 4.77. The molecule has 1 aromatic carbocycles. The Morgan fingerprint density at radius 3 is 2.48 bits per heavy atom. The van der Waals surface area contributed by atoms with Gasteiger partial charge >= 0.3 is 0 Å². The van der Waals surface area contributed by atoms with Gasteiger partial charge in [0.05, 0.1) is 0 Å². The molecule has 2 rings (SSSR count). The average Bonchev–Trinajstić information content (AvgIpc) is 3.29. The quantitative estimate of drug-likeness (QED) is 0.718. The van der Waals surface area contributed by atoms with Crippen LogP contribution in [0.25, 0.3) is 0 Å². The molecule has 0 spiro atoms. The summed E-state index contributed by atoms with van der Waals surface area (Å²) in [7, 11) is 0. The Labute approximate surface area is 125 Å². The molecule has 5 heteroatoms. The predicted molar refractivity (Wildman–Crippen MR) is 83.3 cm³/mol. The van der Waals surface area contributed by atoms with Crippen LogP contribution in [0.4, 0.5) is 5.69 Å². The first-order valence-electron chi connectivity index (χ1n) is 7.55. The van der Waals surface area contributed by atoms with Crippen LogP contribution in [-0.4, -0.2) is 30.4 Å². The van der Waals surface area contributed by atoms with Crippen molar-refractivity contribution in [3.63, 3.8) is 0 Å². The number of anilines is 1. The van der Waals surface area contributed by atoms with Crippen molar-refractivity contribution in [3.8, 4) is 0 Å². The lowest BCUT2D eigenvalue weighted by Crippen LogP contribution is -2.45. The Kier molecular flexibility index (Phi) is 5.20. The molecule has 0 bridgehead atoms. The Hall–Kier alpha value is -2.04. The average molecular weight is 289 g/mol. The molecule has 0 saturated heterocycles. The summed E-state index contributed by atoms with van der Waals surface area (Å²) in [6.07, 6.45) is 3.13. The van der Waals surface area contributed by atoms with Crippen LogP contribution >= 0.6 is 0 Å². The van der Waals surface area contributed by atoms with Crippen molar-refractivity contribution < 1.29 is 9.59 Å². The number of amides is 2. The summed E-state index contributed by atoms with van der Waals surface area (Å²) < 4.78 is 0. The monoisotopic (exact) mass is 289 g/mol. The van der Waals surface area contributed by atoms with Crippen LogP contribution in [0, 0.1) is 0 Å². The molecule has 1 aromatic rings. The summed E-state index contributed by atoms with van der Waals surface area (Å²) in [5.74, 6) is -0.345. The number of carbonyl (C=O) groups is 2. The third-order valence-corrected chi connectivity index (χ3v) is 3.39. The Morgan fingerprint density at radius 2 is 1.90 bits per heavy atom. The van der Waals surface area contributed by atoms with Crippen molar-refractivity contribution in [1.82, 2.24) is 10.6 Å². The van der Waals surface area contributed by atoms with Crippen molar-refractivity contribution in [2.75, 3.05) is 11.9 Å². The molecule has 1 unspecified atom stereocenters. The van der Waals surface area contributed by atoms with Crippen LogP contribution in [-0.2, 0) is 4.79 Å². The van der Waals surface area contributed by atoms with Gasteiger partial charge in [0.15, 0.2) is 0 Å². The Morgan fingerprint density at radius 1 is 1.24 bits per heavy atom. The molecule has 0 aromatic heterocycles. The second-order valence-corrected chi connectivity index (χ2v) is 5.48. The lowest BCUT2D eigenvalue weighted by atomic mass is 10.1. The molecular formula is C16H23N3O2. The van der Waals surface area contributed by atoms with Crippen molar-refractivity contribution in [2.45, 2.75) is 45.2 Å². The molecule has 0 aliphatic heterocycles. The van der Waals surface area contributed by atoms with Gasteiger partial charge in [-0.15, -0.1) is 0 Å². The van der Waals surface area contributed by atoms with Crippen molar-refractivity contribution in [2.24, 2.45) is 0 Å². The summed E-state index contributed by atoms with van der Waals surface area (Å²) in [4.78, 5) is 23.9. The highest BCUT2D eigenvalue weighted by Gasteiger charge is 2.26. The Bertz CT molecular complexity index is 495. The summed E-state index contributed by atoms with van der Waals surface area (Å²) in [6, 6.07) is 7.06. The van der Waals surface area contributed by atoms with E-state index >= 15 is 0 Å². The van der Waals surface area contributed by atoms with Gasteiger partial charge in [-0.2, -0.15) is 0 Å². The molecule has 1 atom stereocenters. The fourth-order valence-corrected chi connectivity index (χ4v) is 1.91. The standard InChI is InChI=1S/C16H23N3O2/c1-3-10-17-13-6-4-12(5-7-13)16(21)18-11(2)15(20)19-14-8-9-14/h4-7,11,14,17H,3,8-10H2,1-2H3,(H,18,21)(H,19,20). The predicted octanol–water partition coefficient (Wildman–Crippen LogP) is 1.91. The van der Waals surface area contributed by atoms with E-state index in [1.807, 2.05) is 12.1 Å². The number of hydrogen-bond donors (Lipinski definition) is 3. The maximum Gasteiger partial charge on any atom is 0.251 e. The summed E-state index contributed by atoms with van der Waals surface area (Å²) in [5.41, 5.74) is 1.55. The van der Waals surface area contributed by atoms with E-state index in [0.29, 0.717) is 11.6 Å². The van der Waals surface area contributed by atoms with E-state index in [9.17, 15) is 9.59 Å². The summed E-state index contributed by atoms with van der Waals surface area (Å²) in [6.45, 7) is 4.71. The van der Waals surface area contributed by atoms with E-state index in [1.54, 1.807) is 19.1 Å². The van der Waals surface area contributed by atoms with E-state index in [2.05, 4.69) is 22.9 Å². The van der Waals surface area contributed by atoms with Crippen molar-refractivity contribution >= 4 is 17.5 Å². The van der Waals surface area contributed by atoms with E-state index < -0.39 is 6.04 Å². The smallest absolute Gasteiger partial charge is 0.251 e. The molecule has 5 nitrogen and oxygen atoms in total. The largest absolute Gasteiger partial charge is 0.385 e. The SMILES string of the molecule is CCCNc1ccc(C(=O)NC(C)C(=O)NC2CC2)cc1. The van der Waals surface area contributed by atoms with Gasteiger partial charge in [-0.1, -0.05) is 6.92 Å². The molecule has 2 amide bonds. The van der Waals surface area contributed by atoms with Gasteiger partial charge in [0, 0.05) is 23.8 Å². The molecule has 1 saturated carbocycles. The van der Waals surface area contributed by atoms with Gasteiger partial charge in [0.1, 0.15) is 6.04 Å². The zero-order chi connectivity index (χ0) is 15.2. The van der Waals surface area contributed by atoms with Gasteiger partial charge in [-0.25, -0.2) is 0 Å². The second-order valence-electron chi connectivity index (χ2n) is 5.48. The van der Waals surface area contributed by atoms with Crippen molar-refractivity contribution in [3.05, 3.63) is 29.8 Å². The lowest BCUT2D eigenvalue weighted by Gasteiger charge is -2.14. The fourth-order valence-electron chi connectivity index (χ4n) is 1.91. The van der Waals surface area contributed by atoms with E-state index in [0.717, 1.165) is 31.5 Å². The molecule has 21 heavy (non-hydrogen) atoms. The zero-order valence-corrected chi connectivity index (χ0v) is 12.6. The maximum absolute atomic E-state index is 12.1. The van der Waals surface area contributed by atoms with Crippen LogP contribution in [0.1, 0.15) is 43.5 Å². The first-order chi connectivity index (χ1) is 10.1. The minimum absolute atomic E-state index is 0.118. The van der Waals surface area contributed by atoms with E-state index in [4.69, 9.17) is 0 Å². The highest BCUT2D eigenvalue weighted by molar-refractivity contribution is 5.97. The minimum Gasteiger partial charge on any atom is -0.385 e. The van der Waals surface area contributed by atoms with Gasteiger partial charge < -0.3 is 16.0 Å². The van der Waals surface area contributed by atoms with Crippen LogP contribution in [0.5, 0.6) is 0 Å². The van der Waals surface area contributed by atoms with Crippen molar-refractivity contribution in [1.29, 1.82) is 0 Å². The first kappa shape index (κ1) is 15.4. The van der Waals surface area contributed by atoms with E-state index in [1.165, 1.54) is 0 Å². The number of nitrogens with one attached hydrogen (secondary N) is 3. The molecular weight excluding hydrogens is 266 g/mol.